The Balaban J connectivity index is 1.45. The molecular weight excluding hydrogens is 480 g/mol. The van der Waals surface area contributed by atoms with Gasteiger partial charge in [-0.15, -0.1) is 5.10 Å². The molecule has 0 bridgehead atoms. The van der Waals surface area contributed by atoms with Crippen LogP contribution in [0, 0.1) is 0 Å². The van der Waals surface area contributed by atoms with E-state index in [0.29, 0.717) is 17.4 Å². The van der Waals surface area contributed by atoms with Crippen LogP contribution in [0.15, 0.2) is 93.0 Å². The van der Waals surface area contributed by atoms with E-state index in [4.69, 9.17) is 5.73 Å². The van der Waals surface area contributed by atoms with Crippen molar-refractivity contribution in [3.05, 3.63) is 89.5 Å². The fraction of sp³-hybridized carbons (Fsp3) is 0.241. The Labute approximate surface area is 222 Å². The molecule has 1 saturated heterocycles. The quantitative estimate of drug-likeness (QED) is 0.220. The molecule has 8 heteroatoms. The lowest BCUT2D eigenvalue weighted by molar-refractivity contribution is 0.475. The molecule has 3 aromatic carbocycles. The molecule has 3 aromatic rings. The van der Waals surface area contributed by atoms with E-state index in [1.165, 1.54) is 17.6 Å². The van der Waals surface area contributed by atoms with Gasteiger partial charge in [-0.1, -0.05) is 68.1 Å². The second kappa shape index (κ2) is 12.9. The van der Waals surface area contributed by atoms with Crippen LogP contribution >= 0.6 is 11.8 Å². The smallest absolute Gasteiger partial charge is 0.190 e. The Morgan fingerprint density at radius 3 is 2.51 bits per heavy atom. The fourth-order valence-electron chi connectivity index (χ4n) is 3.89. The Morgan fingerprint density at radius 1 is 1.00 bits per heavy atom. The minimum absolute atomic E-state index is 0.193. The summed E-state index contributed by atoms with van der Waals surface area (Å²) >= 11 is 1.76. The van der Waals surface area contributed by atoms with E-state index in [1.807, 2.05) is 24.3 Å². The molecule has 1 fully saturated rings. The van der Waals surface area contributed by atoms with Crippen LogP contribution in [0.2, 0.25) is 0 Å². The summed E-state index contributed by atoms with van der Waals surface area (Å²) < 4.78 is 0. The largest absolute Gasteiger partial charge is 0.508 e. The lowest BCUT2D eigenvalue weighted by Gasteiger charge is -2.26. The lowest BCUT2D eigenvalue weighted by atomic mass is 10.0. The number of hydrogen-bond acceptors (Lipinski definition) is 5. The van der Waals surface area contributed by atoms with Gasteiger partial charge >= 0.3 is 0 Å². The first-order valence-corrected chi connectivity index (χ1v) is 13.4. The Kier molecular flexibility index (Phi) is 9.10. The van der Waals surface area contributed by atoms with Crippen LogP contribution in [0.25, 0.3) is 0 Å². The van der Waals surface area contributed by atoms with Crippen LogP contribution in [0.4, 0.5) is 11.4 Å². The zero-order valence-corrected chi connectivity index (χ0v) is 22.0. The number of hydrogen-bond donors (Lipinski definition) is 2. The highest BCUT2D eigenvalue weighted by Crippen LogP contribution is 2.31. The molecule has 4 rings (SSSR count). The molecule has 0 spiro atoms. The third kappa shape index (κ3) is 7.30. The van der Waals surface area contributed by atoms with Gasteiger partial charge in [-0.3, -0.25) is 0 Å². The Morgan fingerprint density at radius 2 is 1.76 bits per heavy atom. The van der Waals surface area contributed by atoms with Crippen molar-refractivity contribution in [1.29, 1.82) is 0 Å². The molecule has 3 N–H and O–H groups in total. The summed E-state index contributed by atoms with van der Waals surface area (Å²) in [6.07, 6.45) is 5.46. The van der Waals surface area contributed by atoms with Gasteiger partial charge in [0, 0.05) is 23.5 Å². The van der Waals surface area contributed by atoms with Gasteiger partial charge in [0.15, 0.2) is 5.17 Å². The summed E-state index contributed by atoms with van der Waals surface area (Å²) in [4.78, 5) is 10.7. The third-order valence-corrected chi connectivity index (χ3v) is 6.95. The van der Waals surface area contributed by atoms with Crippen LogP contribution in [-0.2, 0) is 0 Å². The van der Waals surface area contributed by atoms with E-state index in [0.717, 1.165) is 41.4 Å². The number of anilines is 1. The Bertz CT molecular complexity index is 1300. The minimum atomic E-state index is 0.193. The Hall–Kier alpha value is -3.91. The topological polar surface area (TPSA) is 98.9 Å². The molecule has 1 heterocycles. The van der Waals surface area contributed by atoms with E-state index in [1.54, 1.807) is 42.2 Å². The van der Waals surface area contributed by atoms with E-state index in [2.05, 4.69) is 63.2 Å². The van der Waals surface area contributed by atoms with Crippen molar-refractivity contribution in [2.24, 2.45) is 25.9 Å². The summed E-state index contributed by atoms with van der Waals surface area (Å²) in [7, 11) is 0. The molecular formula is C29H32N6OS. The number of rotatable bonds is 7. The average molecular weight is 513 g/mol. The van der Waals surface area contributed by atoms with Gasteiger partial charge in [0.25, 0.3) is 0 Å². The molecule has 0 unspecified atom stereocenters. The number of nitrogens with zero attached hydrogens (tertiary/aromatic N) is 5. The van der Waals surface area contributed by atoms with Crippen LogP contribution in [0.3, 0.4) is 0 Å². The highest BCUT2D eigenvalue weighted by molar-refractivity contribution is 8.14. The number of aromatic hydroxyl groups is 1. The van der Waals surface area contributed by atoms with Gasteiger partial charge in [0.1, 0.15) is 17.9 Å². The molecule has 0 saturated carbocycles. The number of thioether (sulfide) groups is 1. The monoisotopic (exact) mass is 512 g/mol. The highest BCUT2D eigenvalue weighted by Gasteiger charge is 2.21. The lowest BCUT2D eigenvalue weighted by Crippen LogP contribution is -2.29. The SMILES string of the molecule is CC(C)c1ccccc1N1CCCCS/C1=N/N=C\c1ccc(C(N)=NC=Nc2ccc(O)cc2)cc1. The third-order valence-electron chi connectivity index (χ3n) is 5.90. The van der Waals surface area contributed by atoms with E-state index < -0.39 is 0 Å². The maximum absolute atomic E-state index is 9.34. The maximum Gasteiger partial charge on any atom is 0.190 e. The number of amidine groups is 2. The first-order valence-electron chi connectivity index (χ1n) is 12.4. The highest BCUT2D eigenvalue weighted by atomic mass is 32.2. The standard InChI is InChI=1S/C29H32N6OS/c1-21(2)26-7-3-4-8-27(26)35-17-5-6-18-37-29(35)34-33-19-22-9-11-23(12-10-22)28(30)32-20-31-24-13-15-25(36)16-14-24/h3-4,7-16,19-21,36H,5-6,17-18H2,1-2H3,(H2,30,31,32)/b33-19-,34-29+. The molecule has 1 aliphatic heterocycles. The minimum Gasteiger partial charge on any atom is -0.508 e. The normalized spacial score (nSPS) is 16.2. The number of phenolic OH excluding ortho intramolecular Hbond substituents is 1. The van der Waals surface area contributed by atoms with Gasteiger partial charge in [0.05, 0.1) is 11.9 Å². The molecule has 7 nitrogen and oxygen atoms in total. The summed E-state index contributed by atoms with van der Waals surface area (Å²) in [6, 6.07) is 22.8. The molecule has 0 radical (unpaired) electrons. The van der Waals surface area contributed by atoms with Gasteiger partial charge in [0.2, 0.25) is 0 Å². The number of phenols is 1. The van der Waals surface area contributed by atoms with Crippen LogP contribution in [0.1, 0.15) is 49.3 Å². The molecule has 37 heavy (non-hydrogen) atoms. The van der Waals surface area contributed by atoms with Crippen LogP contribution in [-0.4, -0.2) is 41.0 Å². The first kappa shape index (κ1) is 26.2. The fourth-order valence-corrected chi connectivity index (χ4v) is 4.87. The molecule has 190 valence electrons. The zero-order valence-electron chi connectivity index (χ0n) is 21.2. The number of aliphatic imine (C=N–C) groups is 2. The van der Waals surface area contributed by atoms with Crippen molar-refractivity contribution in [3.63, 3.8) is 0 Å². The maximum atomic E-state index is 9.34. The summed E-state index contributed by atoms with van der Waals surface area (Å²) in [5, 5.41) is 19.3. The van der Waals surface area contributed by atoms with Gasteiger partial charge in [-0.05, 0) is 60.2 Å². The zero-order chi connectivity index (χ0) is 26.0. The van der Waals surface area contributed by atoms with Gasteiger partial charge in [-0.2, -0.15) is 5.10 Å². The molecule has 0 aliphatic carbocycles. The van der Waals surface area contributed by atoms with E-state index in [9.17, 15) is 5.11 Å². The van der Waals surface area contributed by atoms with Crippen molar-refractivity contribution < 1.29 is 5.11 Å². The molecule has 0 aromatic heterocycles. The summed E-state index contributed by atoms with van der Waals surface area (Å²) in [5.74, 6) is 2.03. The predicted molar refractivity (Wildman–Crippen MR) is 158 cm³/mol. The molecule has 0 amide bonds. The second-order valence-electron chi connectivity index (χ2n) is 8.95. The first-order chi connectivity index (χ1) is 18.0. The van der Waals surface area contributed by atoms with Crippen molar-refractivity contribution in [3.8, 4) is 5.75 Å². The van der Waals surface area contributed by atoms with Gasteiger partial charge in [-0.25, -0.2) is 9.98 Å². The van der Waals surface area contributed by atoms with Crippen molar-refractivity contribution in [2.75, 3.05) is 17.2 Å². The van der Waals surface area contributed by atoms with E-state index >= 15 is 0 Å². The van der Waals surface area contributed by atoms with Crippen LogP contribution < -0.4 is 10.6 Å². The van der Waals surface area contributed by atoms with Gasteiger partial charge < -0.3 is 15.7 Å². The average Bonchev–Trinajstić information content (AvgIpc) is 3.15. The second-order valence-corrected chi connectivity index (χ2v) is 10.0. The van der Waals surface area contributed by atoms with Crippen LogP contribution in [0.5, 0.6) is 5.75 Å². The summed E-state index contributed by atoms with van der Waals surface area (Å²) in [6.45, 7) is 5.39. The number of nitrogens with two attached hydrogens (primary N) is 1. The molecule has 0 atom stereocenters. The van der Waals surface area contributed by atoms with Crippen molar-refractivity contribution in [2.45, 2.75) is 32.6 Å². The summed E-state index contributed by atoms with van der Waals surface area (Å²) in [5.41, 5.74) is 11.0. The number of benzene rings is 3. The molecule has 1 aliphatic rings. The predicted octanol–water partition coefficient (Wildman–Crippen LogP) is 6.30. The number of para-hydroxylation sites is 1. The van der Waals surface area contributed by atoms with E-state index in [-0.39, 0.29) is 5.75 Å². The van der Waals surface area contributed by atoms with Crippen molar-refractivity contribution in [1.82, 2.24) is 0 Å². The van der Waals surface area contributed by atoms with Crippen molar-refractivity contribution >= 4 is 46.7 Å².